The molecule has 1 aromatic heterocycles. The van der Waals surface area contributed by atoms with Crippen molar-refractivity contribution in [1.82, 2.24) is 14.9 Å². The van der Waals surface area contributed by atoms with Gasteiger partial charge in [0.05, 0.1) is 11.1 Å². The van der Waals surface area contributed by atoms with Crippen molar-refractivity contribution in [3.8, 4) is 0 Å². The quantitative estimate of drug-likeness (QED) is 0.356. The van der Waals surface area contributed by atoms with Crippen LogP contribution in [0.4, 0.5) is 4.79 Å². The fourth-order valence-electron chi connectivity index (χ4n) is 3.28. The molecule has 170 valence electrons. The van der Waals surface area contributed by atoms with E-state index < -0.39 is 17.6 Å². The normalized spacial score (nSPS) is 11.4. The summed E-state index contributed by atoms with van der Waals surface area (Å²) in [5, 5.41) is 13.8. The summed E-state index contributed by atoms with van der Waals surface area (Å²) in [6.45, 7) is 8.34. The zero-order valence-corrected chi connectivity index (χ0v) is 18.8. The van der Waals surface area contributed by atoms with Gasteiger partial charge >= 0.3 is 6.09 Å². The number of fused-ring (bicyclic) bond motifs is 1. The third-order valence-corrected chi connectivity index (χ3v) is 4.76. The van der Waals surface area contributed by atoms with Gasteiger partial charge in [-0.3, -0.25) is 14.8 Å². The van der Waals surface area contributed by atoms with E-state index in [0.29, 0.717) is 29.1 Å². The molecular weight excluding hydrogens is 398 g/mol. The lowest BCUT2D eigenvalue weighted by atomic mass is 10.1. The first-order chi connectivity index (χ1) is 14.6. The number of carbonyl (C=O) groups is 2. The molecule has 0 unspecified atom stereocenters. The van der Waals surface area contributed by atoms with Crippen LogP contribution >= 0.6 is 0 Å². The first kappa shape index (κ1) is 24.4. The molecule has 0 aliphatic carbocycles. The van der Waals surface area contributed by atoms with Gasteiger partial charge in [0.1, 0.15) is 5.60 Å². The first-order valence-corrected chi connectivity index (χ1v) is 10.7. The Morgan fingerprint density at radius 3 is 2.48 bits per heavy atom. The largest absolute Gasteiger partial charge is 0.444 e. The number of hydrogen-bond acceptors (Lipinski definition) is 5. The summed E-state index contributed by atoms with van der Waals surface area (Å²) in [4.78, 5) is 36.7. The Labute approximate surface area is 182 Å². The second-order valence-corrected chi connectivity index (χ2v) is 8.43. The Kier molecular flexibility index (Phi) is 8.62. The van der Waals surface area contributed by atoms with Crippen molar-refractivity contribution in [1.29, 1.82) is 0 Å². The Morgan fingerprint density at radius 1 is 1.13 bits per heavy atom. The van der Waals surface area contributed by atoms with E-state index in [1.54, 1.807) is 23.6 Å². The molecule has 8 nitrogen and oxygen atoms in total. The highest BCUT2D eigenvalue weighted by Crippen LogP contribution is 2.19. The summed E-state index contributed by atoms with van der Waals surface area (Å²) in [6, 6.07) is 8.52. The van der Waals surface area contributed by atoms with Gasteiger partial charge in [-0.25, -0.2) is 9.86 Å². The molecule has 8 heteroatoms. The topological polar surface area (TPSA) is 101 Å². The Morgan fingerprint density at radius 2 is 1.81 bits per heavy atom. The minimum absolute atomic E-state index is 0.138. The minimum atomic E-state index is -0.583. The highest BCUT2D eigenvalue weighted by molar-refractivity contribution is 6.05. The van der Waals surface area contributed by atoms with E-state index in [4.69, 9.17) is 4.74 Å². The van der Waals surface area contributed by atoms with Gasteiger partial charge in [0.25, 0.3) is 11.5 Å². The monoisotopic (exact) mass is 431 g/mol. The summed E-state index contributed by atoms with van der Waals surface area (Å²) < 4.78 is 6.86. The van der Waals surface area contributed by atoms with Crippen LogP contribution in [0.15, 0.2) is 35.1 Å². The molecular formula is C23H33N3O5. The molecule has 2 aromatic rings. The Hall–Kier alpha value is -2.87. The number of nitrogens with one attached hydrogen (secondary N) is 1. The second-order valence-electron chi connectivity index (χ2n) is 8.43. The van der Waals surface area contributed by atoms with Crippen LogP contribution in [0.5, 0.6) is 0 Å². The number of unbranched alkanes of at least 4 members (excludes halogenated alkanes) is 3. The fourth-order valence-corrected chi connectivity index (χ4v) is 3.28. The predicted octanol–water partition coefficient (Wildman–Crippen LogP) is 3.94. The predicted molar refractivity (Wildman–Crippen MR) is 119 cm³/mol. The Bertz CT molecular complexity index is 962. The molecule has 0 aliphatic heterocycles. The third-order valence-electron chi connectivity index (χ3n) is 4.76. The molecule has 0 radical (unpaired) electrons. The number of ether oxygens (including phenoxy) is 1. The number of rotatable bonds is 9. The van der Waals surface area contributed by atoms with Crippen molar-refractivity contribution < 1.29 is 19.5 Å². The summed E-state index contributed by atoms with van der Waals surface area (Å²) in [5.41, 5.74) is 0.105. The van der Waals surface area contributed by atoms with Crippen LogP contribution in [0.1, 0.15) is 63.7 Å². The molecule has 0 spiro atoms. The molecule has 1 aromatic carbocycles. The van der Waals surface area contributed by atoms with Gasteiger partial charge < -0.3 is 14.6 Å². The van der Waals surface area contributed by atoms with E-state index in [-0.39, 0.29) is 17.7 Å². The molecule has 0 aliphatic rings. The van der Waals surface area contributed by atoms with Crippen LogP contribution in [0.2, 0.25) is 0 Å². The van der Waals surface area contributed by atoms with Crippen LogP contribution in [-0.2, 0) is 11.3 Å². The minimum Gasteiger partial charge on any atom is -0.444 e. The molecule has 0 saturated heterocycles. The maximum absolute atomic E-state index is 12.7. The maximum Gasteiger partial charge on any atom is 0.407 e. The number of pyridine rings is 1. The molecule has 2 rings (SSSR count). The van der Waals surface area contributed by atoms with Crippen LogP contribution in [0.25, 0.3) is 10.9 Å². The summed E-state index contributed by atoms with van der Waals surface area (Å²) in [6.07, 6.45) is 3.02. The SMILES string of the molecule is CCN(O)C(=O)c1cc(=O)n(CCCCCCNC(=O)OC(C)(C)C)c2ccccc12. The smallest absolute Gasteiger partial charge is 0.407 e. The lowest BCUT2D eigenvalue weighted by Gasteiger charge is -2.19. The second kappa shape index (κ2) is 10.9. The van der Waals surface area contributed by atoms with E-state index in [9.17, 15) is 19.6 Å². The molecule has 1 heterocycles. The van der Waals surface area contributed by atoms with Crippen LogP contribution in [0.3, 0.4) is 0 Å². The van der Waals surface area contributed by atoms with Crippen molar-refractivity contribution >= 4 is 22.9 Å². The van der Waals surface area contributed by atoms with Gasteiger partial charge in [-0.2, -0.15) is 0 Å². The number of carbonyl (C=O) groups excluding carboxylic acids is 2. The number of hydrogen-bond donors (Lipinski definition) is 2. The molecule has 0 atom stereocenters. The van der Waals surface area contributed by atoms with Crippen LogP contribution in [0, 0.1) is 0 Å². The number of nitrogens with zero attached hydrogens (tertiary/aromatic N) is 2. The van der Waals surface area contributed by atoms with Gasteiger partial charge in [0, 0.05) is 31.1 Å². The summed E-state index contributed by atoms with van der Waals surface area (Å²) in [7, 11) is 0. The lowest BCUT2D eigenvalue weighted by Crippen LogP contribution is -2.33. The van der Waals surface area contributed by atoms with Gasteiger partial charge in [-0.05, 0) is 46.6 Å². The number of hydroxylamine groups is 2. The van der Waals surface area contributed by atoms with Gasteiger partial charge in [-0.1, -0.05) is 31.0 Å². The lowest BCUT2D eigenvalue weighted by molar-refractivity contribution is -0.0540. The van der Waals surface area contributed by atoms with Crippen LogP contribution < -0.4 is 10.9 Å². The zero-order chi connectivity index (χ0) is 23.0. The third kappa shape index (κ3) is 7.10. The van der Waals surface area contributed by atoms with Crippen molar-refractivity contribution in [3.63, 3.8) is 0 Å². The molecule has 31 heavy (non-hydrogen) atoms. The van der Waals surface area contributed by atoms with Crippen molar-refractivity contribution in [2.24, 2.45) is 0 Å². The van der Waals surface area contributed by atoms with Crippen molar-refractivity contribution in [2.75, 3.05) is 13.1 Å². The van der Waals surface area contributed by atoms with Gasteiger partial charge in [0.2, 0.25) is 0 Å². The highest BCUT2D eigenvalue weighted by atomic mass is 16.6. The van der Waals surface area contributed by atoms with E-state index in [1.807, 2.05) is 32.9 Å². The van der Waals surface area contributed by atoms with E-state index >= 15 is 0 Å². The van der Waals surface area contributed by atoms with Crippen molar-refractivity contribution in [2.45, 2.75) is 65.5 Å². The van der Waals surface area contributed by atoms with E-state index in [2.05, 4.69) is 5.32 Å². The average Bonchev–Trinajstić information content (AvgIpc) is 2.71. The first-order valence-electron chi connectivity index (χ1n) is 10.7. The molecule has 2 amide bonds. The summed E-state index contributed by atoms with van der Waals surface area (Å²) in [5.74, 6) is -0.583. The molecule has 2 N–H and O–H groups in total. The standard InChI is InChI=1S/C23H33N3O5/c1-5-26(30)21(28)18-16-20(27)25(19-13-9-8-12-17(18)19)15-11-7-6-10-14-24-22(29)31-23(2,3)4/h8-9,12-13,16,30H,5-7,10-11,14-15H2,1-4H3,(H,24,29). The molecule has 0 saturated carbocycles. The number of aromatic nitrogens is 1. The van der Waals surface area contributed by atoms with Gasteiger partial charge in [0.15, 0.2) is 0 Å². The highest BCUT2D eigenvalue weighted by Gasteiger charge is 2.18. The summed E-state index contributed by atoms with van der Waals surface area (Å²) >= 11 is 0. The number of alkyl carbamates (subject to hydrolysis) is 1. The average molecular weight is 432 g/mol. The van der Waals surface area contributed by atoms with Crippen molar-refractivity contribution in [3.05, 3.63) is 46.2 Å². The van der Waals surface area contributed by atoms with E-state index in [1.165, 1.54) is 6.07 Å². The number of benzene rings is 1. The maximum atomic E-state index is 12.7. The molecule has 0 fully saturated rings. The zero-order valence-electron chi connectivity index (χ0n) is 18.8. The fraction of sp³-hybridized carbons (Fsp3) is 0.522. The van der Waals surface area contributed by atoms with Crippen LogP contribution in [-0.4, -0.2) is 45.5 Å². The Balaban J connectivity index is 1.93. The number of aryl methyl sites for hydroxylation is 1. The number of amides is 2. The van der Waals surface area contributed by atoms with E-state index in [0.717, 1.165) is 25.7 Å². The molecule has 0 bridgehead atoms. The van der Waals surface area contributed by atoms with Gasteiger partial charge in [-0.15, -0.1) is 0 Å². The number of para-hydroxylation sites is 1.